The Balaban J connectivity index is 0.00000341. The third-order valence-corrected chi connectivity index (χ3v) is 5.70. The molecule has 3 rings (SSSR count). The Hall–Kier alpha value is -2.17. The number of carboxylic acid groups (broad SMARTS) is 1. The first-order valence-corrected chi connectivity index (χ1v) is 10.1. The van der Waals surface area contributed by atoms with E-state index in [1.54, 1.807) is 24.3 Å². The maximum atomic E-state index is 12.4. The molecular weight excluding hydrogens is 453 g/mol. The van der Waals surface area contributed by atoms with Gasteiger partial charge >= 0.3 is 41.6 Å². The van der Waals surface area contributed by atoms with Gasteiger partial charge in [-0.05, 0) is 34.7 Å². The van der Waals surface area contributed by atoms with E-state index in [0.29, 0.717) is 9.90 Å². The van der Waals surface area contributed by atoms with Crippen LogP contribution >= 0.6 is 22.9 Å². The van der Waals surface area contributed by atoms with E-state index in [4.69, 9.17) is 11.6 Å². The number of hydrogen-bond acceptors (Lipinski definition) is 5. The van der Waals surface area contributed by atoms with Crippen LogP contribution in [0.4, 0.5) is 4.79 Å². The molecule has 0 saturated heterocycles. The molecule has 3 N–H and O–H groups in total. The van der Waals surface area contributed by atoms with Gasteiger partial charge in [-0.25, -0.2) is 4.79 Å². The van der Waals surface area contributed by atoms with Gasteiger partial charge < -0.3 is 20.6 Å². The second-order valence-corrected chi connectivity index (χ2v) is 8.00. The van der Waals surface area contributed by atoms with Crippen LogP contribution in [0.25, 0.3) is 11.1 Å². The van der Waals surface area contributed by atoms with E-state index >= 15 is 0 Å². The Morgan fingerprint density at radius 2 is 2.00 bits per heavy atom. The van der Waals surface area contributed by atoms with E-state index in [-0.39, 0.29) is 36.0 Å². The molecule has 0 radical (unpaired) electrons. The summed E-state index contributed by atoms with van der Waals surface area (Å²) in [6.07, 6.45) is 2.14. The van der Waals surface area contributed by atoms with Crippen molar-refractivity contribution in [1.29, 1.82) is 0 Å². The number of carbonyl (C=O) groups is 4. The van der Waals surface area contributed by atoms with Crippen LogP contribution in [0.5, 0.6) is 0 Å². The number of nitrogens with zero attached hydrogens (tertiary/aromatic N) is 1. The molecule has 2 heterocycles. The number of amides is 3. The summed E-state index contributed by atoms with van der Waals surface area (Å²) in [6.45, 7) is 0. The third kappa shape index (κ3) is 6.41. The minimum absolute atomic E-state index is 0. The number of nitrogens with one attached hydrogen (secondary N) is 2. The van der Waals surface area contributed by atoms with Gasteiger partial charge in [-0.2, -0.15) is 0 Å². The van der Waals surface area contributed by atoms with Gasteiger partial charge in [0.2, 0.25) is 0 Å². The quantitative estimate of drug-likeness (QED) is 0.441. The van der Waals surface area contributed by atoms with Gasteiger partial charge in [0.15, 0.2) is 11.8 Å². The Labute approximate surface area is 209 Å². The summed E-state index contributed by atoms with van der Waals surface area (Å²) in [5, 5.41) is 16.5. The van der Waals surface area contributed by atoms with Crippen LogP contribution in [0.15, 0.2) is 48.0 Å². The van der Waals surface area contributed by atoms with Crippen LogP contribution in [-0.4, -0.2) is 76.3 Å². The summed E-state index contributed by atoms with van der Waals surface area (Å²) in [7, 11) is 1.47. The molecule has 2 aromatic rings. The Bertz CT molecular complexity index is 1040. The van der Waals surface area contributed by atoms with Gasteiger partial charge in [0.25, 0.3) is 5.91 Å². The first kappa shape index (κ1) is 25.1. The van der Waals surface area contributed by atoms with Crippen LogP contribution in [-0.2, 0) is 14.4 Å². The summed E-state index contributed by atoms with van der Waals surface area (Å²) in [5.41, 5.74) is 1.69. The number of aliphatic carboxylic acids is 1. The number of ketones is 1. The second-order valence-electron chi connectivity index (χ2n) is 6.62. The van der Waals surface area contributed by atoms with Crippen molar-refractivity contribution in [2.75, 3.05) is 7.05 Å². The normalized spacial score (nSPS) is 16.5. The zero-order chi connectivity index (χ0) is 21.8. The number of halogens is 1. The molecule has 31 heavy (non-hydrogen) atoms. The van der Waals surface area contributed by atoms with E-state index in [0.717, 1.165) is 11.1 Å². The fourth-order valence-electron chi connectivity index (χ4n) is 2.90. The predicted molar refractivity (Wildman–Crippen MR) is 119 cm³/mol. The Kier molecular flexibility index (Phi) is 8.84. The van der Waals surface area contributed by atoms with E-state index in [2.05, 4.69) is 10.6 Å². The van der Waals surface area contributed by atoms with Crippen molar-refractivity contribution in [3.63, 3.8) is 0 Å². The molecule has 1 aliphatic heterocycles. The summed E-state index contributed by atoms with van der Waals surface area (Å²) in [5.74, 6) is -2.24. The van der Waals surface area contributed by atoms with Crippen molar-refractivity contribution in [2.45, 2.75) is 18.5 Å². The van der Waals surface area contributed by atoms with E-state index < -0.39 is 35.8 Å². The van der Waals surface area contributed by atoms with Crippen molar-refractivity contribution in [1.82, 2.24) is 15.5 Å². The zero-order valence-electron chi connectivity index (χ0n) is 15.8. The molecule has 0 spiro atoms. The van der Waals surface area contributed by atoms with Crippen LogP contribution < -0.4 is 10.6 Å². The van der Waals surface area contributed by atoms with E-state index in [1.807, 2.05) is 11.4 Å². The van der Waals surface area contributed by atoms with E-state index in [1.165, 1.54) is 35.6 Å². The topological polar surface area (TPSA) is 116 Å². The molecular formula is C20H19ClN3NaO5S. The first-order valence-electron chi connectivity index (χ1n) is 8.86. The number of rotatable bonds is 6. The maximum absolute atomic E-state index is 12.4. The molecule has 0 aliphatic carbocycles. The molecule has 0 fully saturated rings. The number of benzene rings is 1. The summed E-state index contributed by atoms with van der Waals surface area (Å²) in [6, 6.07) is 5.97. The minimum atomic E-state index is -1.35. The molecule has 11 heteroatoms. The van der Waals surface area contributed by atoms with Gasteiger partial charge in [-0.1, -0.05) is 23.7 Å². The first-order chi connectivity index (χ1) is 14.2. The molecule has 1 unspecified atom stereocenters. The molecule has 1 aromatic heterocycles. The molecule has 3 amide bonds. The molecule has 1 aliphatic rings. The van der Waals surface area contributed by atoms with Gasteiger partial charge in [-0.3, -0.25) is 14.4 Å². The monoisotopic (exact) mass is 471 g/mol. The van der Waals surface area contributed by atoms with E-state index in [9.17, 15) is 24.3 Å². The molecule has 2 atom stereocenters. The van der Waals surface area contributed by atoms with Crippen molar-refractivity contribution in [3.8, 4) is 11.1 Å². The number of thiophene rings is 1. The second kappa shape index (κ2) is 10.9. The summed E-state index contributed by atoms with van der Waals surface area (Å²) < 4.78 is 0. The van der Waals surface area contributed by atoms with Gasteiger partial charge in [0.05, 0.1) is 12.5 Å². The number of likely N-dealkylation sites (N-methyl/N-ethyl adjacent to an activating group) is 1. The molecule has 1 aromatic carbocycles. The van der Waals surface area contributed by atoms with Gasteiger partial charge in [-0.15, -0.1) is 11.3 Å². The third-order valence-electron chi connectivity index (χ3n) is 4.42. The zero-order valence-corrected chi connectivity index (χ0v) is 17.4. The summed E-state index contributed by atoms with van der Waals surface area (Å²) >= 11 is 7.31. The van der Waals surface area contributed by atoms with Crippen LogP contribution in [0.2, 0.25) is 5.02 Å². The van der Waals surface area contributed by atoms with Crippen molar-refractivity contribution < 1.29 is 24.3 Å². The fraction of sp³-hybridized carbons (Fsp3) is 0.200. The van der Waals surface area contributed by atoms with Crippen LogP contribution in [0, 0.1) is 0 Å². The number of hydrogen-bond donors (Lipinski definition) is 3. The average molecular weight is 472 g/mol. The standard InChI is InChI=1S/C20H18ClN3O5S.Na.H/c1-24-6-5-15(25)18(19(24)28)23-20(29)22-14(9-17(26)27)16-8-12(10-30-16)11-3-2-4-13(21)7-11;;/h2-8,10,14,18H,9H2,1H3,(H,26,27)(H2,22,23,29);;/t14-,18?;;/m0../s1. The summed E-state index contributed by atoms with van der Waals surface area (Å²) in [4.78, 5) is 49.6. The van der Waals surface area contributed by atoms with Crippen LogP contribution in [0.1, 0.15) is 17.3 Å². The molecule has 8 nitrogen and oxygen atoms in total. The fourth-order valence-corrected chi connectivity index (χ4v) is 4.06. The van der Waals surface area contributed by atoms with Gasteiger partial charge in [0.1, 0.15) is 0 Å². The van der Waals surface area contributed by atoms with Crippen molar-refractivity contribution >= 4 is 76.2 Å². The molecule has 158 valence electrons. The van der Waals surface area contributed by atoms with Crippen molar-refractivity contribution in [3.05, 3.63) is 57.9 Å². The Morgan fingerprint density at radius 3 is 2.68 bits per heavy atom. The van der Waals surface area contributed by atoms with Gasteiger partial charge in [0, 0.05) is 29.2 Å². The SMILES string of the molecule is CN1C=CC(=O)C(NC(=O)N[C@@H](CC(=O)O)c2cc(-c3cccc(Cl)c3)cs2)C1=O.[NaH]. The molecule has 0 bridgehead atoms. The number of carbonyl (C=O) groups excluding carboxylic acids is 3. The predicted octanol–water partition coefficient (Wildman–Crippen LogP) is 2.16. The number of urea groups is 1. The van der Waals surface area contributed by atoms with Crippen molar-refractivity contribution in [2.24, 2.45) is 0 Å². The van der Waals surface area contributed by atoms with Crippen LogP contribution in [0.3, 0.4) is 0 Å². The molecule has 0 saturated carbocycles. The Morgan fingerprint density at radius 1 is 1.26 bits per heavy atom. The average Bonchev–Trinajstić information content (AvgIpc) is 3.18. The number of carboxylic acids is 1.